The molecule has 0 amide bonds. The van der Waals surface area contributed by atoms with E-state index >= 15 is 0 Å². The Morgan fingerprint density at radius 1 is 1.18 bits per heavy atom. The molecule has 5 nitrogen and oxygen atoms in total. The first kappa shape index (κ1) is 14.4. The van der Waals surface area contributed by atoms with Crippen molar-refractivity contribution in [3.63, 3.8) is 0 Å². The molecule has 0 aliphatic heterocycles. The number of benzene rings is 1. The van der Waals surface area contributed by atoms with Gasteiger partial charge in [-0.25, -0.2) is 9.97 Å². The third-order valence-electron chi connectivity index (χ3n) is 3.41. The van der Waals surface area contributed by atoms with Crippen LogP contribution in [0.25, 0.3) is 11.0 Å². The Kier molecular flexibility index (Phi) is 3.71. The van der Waals surface area contributed by atoms with Gasteiger partial charge in [0.1, 0.15) is 17.6 Å². The second-order valence-corrected chi connectivity index (χ2v) is 5.67. The molecule has 5 heteroatoms. The maximum atomic E-state index is 5.91. The minimum absolute atomic E-state index is 0.114. The van der Waals surface area contributed by atoms with E-state index in [4.69, 9.17) is 4.74 Å². The van der Waals surface area contributed by atoms with E-state index in [1.165, 1.54) is 0 Å². The molecule has 3 aromatic rings. The molecule has 0 aliphatic carbocycles. The molecule has 0 unspecified atom stereocenters. The van der Waals surface area contributed by atoms with E-state index in [-0.39, 0.29) is 6.10 Å². The average molecular weight is 296 g/mol. The predicted molar refractivity (Wildman–Crippen MR) is 88.7 cm³/mol. The van der Waals surface area contributed by atoms with Crippen LogP contribution in [0.2, 0.25) is 0 Å². The van der Waals surface area contributed by atoms with Crippen molar-refractivity contribution in [1.29, 1.82) is 0 Å². The first-order valence-corrected chi connectivity index (χ1v) is 7.35. The Labute approximate surface area is 130 Å². The van der Waals surface area contributed by atoms with Gasteiger partial charge in [0.05, 0.1) is 17.3 Å². The smallest absolute Gasteiger partial charge is 0.158 e. The van der Waals surface area contributed by atoms with Gasteiger partial charge in [-0.05, 0) is 44.5 Å². The van der Waals surface area contributed by atoms with Crippen molar-refractivity contribution >= 4 is 22.5 Å². The molecule has 2 aromatic heterocycles. The zero-order chi connectivity index (χ0) is 15.7. The van der Waals surface area contributed by atoms with E-state index < -0.39 is 0 Å². The van der Waals surface area contributed by atoms with Gasteiger partial charge in [-0.1, -0.05) is 6.07 Å². The van der Waals surface area contributed by atoms with Crippen LogP contribution in [0, 0.1) is 6.92 Å². The summed E-state index contributed by atoms with van der Waals surface area (Å²) < 4.78 is 7.92. The summed E-state index contributed by atoms with van der Waals surface area (Å²) in [5.41, 5.74) is 3.95. The molecule has 114 valence electrons. The quantitative estimate of drug-likeness (QED) is 0.795. The lowest BCUT2D eigenvalue weighted by atomic mass is 10.2. The lowest BCUT2D eigenvalue weighted by molar-refractivity contribution is 0.243. The van der Waals surface area contributed by atoms with Crippen molar-refractivity contribution in [2.75, 3.05) is 5.32 Å². The first-order chi connectivity index (χ1) is 10.5. The van der Waals surface area contributed by atoms with Gasteiger partial charge in [-0.2, -0.15) is 0 Å². The van der Waals surface area contributed by atoms with Crippen molar-refractivity contribution in [3.05, 3.63) is 42.4 Å². The largest absolute Gasteiger partial charge is 0.489 e. The molecule has 0 bridgehead atoms. The van der Waals surface area contributed by atoms with Gasteiger partial charge in [-0.3, -0.25) is 0 Å². The molecule has 22 heavy (non-hydrogen) atoms. The molecule has 1 aromatic carbocycles. The lowest BCUT2D eigenvalue weighted by Crippen LogP contribution is -2.08. The topological polar surface area (TPSA) is 52.0 Å². The molecular formula is C17H20N4O. The summed E-state index contributed by atoms with van der Waals surface area (Å²) >= 11 is 0. The molecular weight excluding hydrogens is 276 g/mol. The second-order valence-electron chi connectivity index (χ2n) is 5.67. The number of nitrogens with one attached hydrogen (secondary N) is 1. The lowest BCUT2D eigenvalue weighted by Gasteiger charge is -2.16. The van der Waals surface area contributed by atoms with Gasteiger partial charge < -0.3 is 14.6 Å². The van der Waals surface area contributed by atoms with Crippen molar-refractivity contribution < 1.29 is 4.74 Å². The van der Waals surface area contributed by atoms with Crippen molar-refractivity contribution in [1.82, 2.24) is 14.5 Å². The monoisotopic (exact) mass is 296 g/mol. The molecule has 0 radical (unpaired) electrons. The summed E-state index contributed by atoms with van der Waals surface area (Å²) in [5, 5.41) is 3.38. The minimum Gasteiger partial charge on any atom is -0.489 e. The predicted octanol–water partition coefficient (Wildman–Crippen LogP) is 3.81. The third kappa shape index (κ3) is 2.74. The molecule has 3 rings (SSSR count). The second kappa shape index (κ2) is 5.67. The summed E-state index contributed by atoms with van der Waals surface area (Å²) in [6.07, 6.45) is 3.66. The highest BCUT2D eigenvalue weighted by molar-refractivity contribution is 5.88. The van der Waals surface area contributed by atoms with Crippen molar-refractivity contribution in [2.45, 2.75) is 26.9 Å². The molecule has 0 atom stereocenters. The van der Waals surface area contributed by atoms with E-state index in [1.807, 2.05) is 49.9 Å². The van der Waals surface area contributed by atoms with Crippen LogP contribution in [0.4, 0.5) is 11.5 Å². The van der Waals surface area contributed by atoms with Gasteiger partial charge in [0, 0.05) is 13.2 Å². The maximum absolute atomic E-state index is 5.91. The zero-order valence-corrected chi connectivity index (χ0v) is 13.3. The normalized spacial score (nSPS) is 11.1. The zero-order valence-electron chi connectivity index (χ0n) is 13.3. The van der Waals surface area contributed by atoms with Gasteiger partial charge >= 0.3 is 0 Å². The highest BCUT2D eigenvalue weighted by atomic mass is 16.5. The van der Waals surface area contributed by atoms with Gasteiger partial charge in [-0.15, -0.1) is 0 Å². The standard InChI is InChI=1S/C17H20N4O/c1-11(2)22-15-9-12(3)5-6-13(15)20-17-16-14(18-10-19-17)7-8-21(16)4/h5-11H,1-4H3,(H,18,19,20). The summed E-state index contributed by atoms with van der Waals surface area (Å²) in [5.74, 6) is 1.60. The number of hydrogen-bond acceptors (Lipinski definition) is 4. The van der Waals surface area contributed by atoms with Gasteiger partial charge in [0.15, 0.2) is 5.82 Å². The molecule has 0 fully saturated rings. The summed E-state index contributed by atoms with van der Waals surface area (Å²) in [6, 6.07) is 8.08. The fourth-order valence-electron chi connectivity index (χ4n) is 2.42. The van der Waals surface area contributed by atoms with Crippen LogP contribution in [0.5, 0.6) is 5.75 Å². The maximum Gasteiger partial charge on any atom is 0.158 e. The van der Waals surface area contributed by atoms with E-state index in [0.717, 1.165) is 33.9 Å². The Morgan fingerprint density at radius 3 is 2.77 bits per heavy atom. The van der Waals surface area contributed by atoms with Crippen LogP contribution in [0.3, 0.4) is 0 Å². The molecule has 1 N–H and O–H groups in total. The Hall–Kier alpha value is -2.56. The van der Waals surface area contributed by atoms with Gasteiger partial charge in [0.25, 0.3) is 0 Å². The van der Waals surface area contributed by atoms with Crippen LogP contribution in [0.15, 0.2) is 36.8 Å². The molecule has 0 saturated carbocycles. The number of aryl methyl sites for hydroxylation is 2. The first-order valence-electron chi connectivity index (χ1n) is 7.35. The molecule has 0 aliphatic rings. The van der Waals surface area contributed by atoms with E-state index in [2.05, 4.69) is 28.3 Å². The van der Waals surface area contributed by atoms with E-state index in [0.29, 0.717) is 0 Å². The summed E-state index contributed by atoms with van der Waals surface area (Å²) in [4.78, 5) is 8.67. The van der Waals surface area contributed by atoms with Crippen molar-refractivity contribution in [3.8, 4) is 5.75 Å². The highest BCUT2D eigenvalue weighted by Gasteiger charge is 2.11. The number of anilines is 2. The number of aromatic nitrogens is 3. The Balaban J connectivity index is 2.03. The number of rotatable bonds is 4. The number of nitrogens with zero attached hydrogens (tertiary/aromatic N) is 3. The fourth-order valence-corrected chi connectivity index (χ4v) is 2.42. The summed E-state index contributed by atoms with van der Waals surface area (Å²) in [6.45, 7) is 6.09. The number of fused-ring (bicyclic) bond motifs is 1. The Bertz CT molecular complexity index is 808. The summed E-state index contributed by atoms with van der Waals surface area (Å²) in [7, 11) is 1.98. The van der Waals surface area contributed by atoms with Crippen LogP contribution in [0.1, 0.15) is 19.4 Å². The minimum atomic E-state index is 0.114. The van der Waals surface area contributed by atoms with E-state index in [1.54, 1.807) is 6.33 Å². The van der Waals surface area contributed by atoms with Crippen molar-refractivity contribution in [2.24, 2.45) is 7.05 Å². The van der Waals surface area contributed by atoms with Crippen LogP contribution in [-0.4, -0.2) is 20.6 Å². The fraction of sp³-hybridized carbons (Fsp3) is 0.294. The average Bonchev–Trinajstić information content (AvgIpc) is 2.84. The van der Waals surface area contributed by atoms with Crippen LogP contribution < -0.4 is 10.1 Å². The number of hydrogen-bond donors (Lipinski definition) is 1. The van der Waals surface area contributed by atoms with Crippen LogP contribution >= 0.6 is 0 Å². The molecule has 0 saturated heterocycles. The Morgan fingerprint density at radius 2 is 2.00 bits per heavy atom. The molecule has 0 spiro atoms. The van der Waals surface area contributed by atoms with Gasteiger partial charge in [0.2, 0.25) is 0 Å². The molecule has 2 heterocycles. The number of ether oxygens (including phenoxy) is 1. The van der Waals surface area contributed by atoms with Crippen LogP contribution in [-0.2, 0) is 7.05 Å². The SMILES string of the molecule is Cc1ccc(Nc2ncnc3ccn(C)c23)c(OC(C)C)c1. The van der Waals surface area contributed by atoms with E-state index in [9.17, 15) is 0 Å². The third-order valence-corrected chi connectivity index (χ3v) is 3.41. The highest BCUT2D eigenvalue weighted by Crippen LogP contribution is 2.31.